The van der Waals surface area contributed by atoms with Crippen LogP contribution in [0.4, 0.5) is 0 Å². The average Bonchev–Trinajstić information content (AvgIpc) is 2.28. The molecule has 0 aromatic carbocycles. The Morgan fingerprint density at radius 3 is 2.44 bits per heavy atom. The van der Waals surface area contributed by atoms with E-state index < -0.39 is 6.04 Å². The highest BCUT2D eigenvalue weighted by molar-refractivity contribution is 5.87. The van der Waals surface area contributed by atoms with E-state index in [1.807, 2.05) is 6.92 Å². The van der Waals surface area contributed by atoms with Crippen molar-refractivity contribution in [2.45, 2.75) is 45.6 Å². The second-order valence-corrected chi connectivity index (χ2v) is 3.65. The zero-order chi connectivity index (χ0) is 12.4. The Balaban J connectivity index is 4.14. The number of carbonyl (C=O) groups is 2. The summed E-state index contributed by atoms with van der Waals surface area (Å²) in [5, 5.41) is 5.44. The molecule has 2 amide bonds. The van der Waals surface area contributed by atoms with Gasteiger partial charge in [-0.15, -0.1) is 0 Å². The summed E-state index contributed by atoms with van der Waals surface area (Å²) in [6.45, 7) is 4.82. The Morgan fingerprint density at radius 1 is 1.25 bits per heavy atom. The summed E-state index contributed by atoms with van der Waals surface area (Å²) in [4.78, 5) is 22.9. The third-order valence-electron chi connectivity index (χ3n) is 2.27. The predicted molar refractivity (Wildman–Crippen MR) is 63.8 cm³/mol. The van der Waals surface area contributed by atoms with Crippen molar-refractivity contribution in [3.05, 3.63) is 0 Å². The molecule has 1 unspecified atom stereocenters. The Morgan fingerprint density at radius 2 is 1.94 bits per heavy atom. The van der Waals surface area contributed by atoms with Crippen LogP contribution in [0.15, 0.2) is 0 Å². The van der Waals surface area contributed by atoms with Gasteiger partial charge in [0.25, 0.3) is 0 Å². The molecule has 1 atom stereocenters. The quantitative estimate of drug-likeness (QED) is 0.518. The van der Waals surface area contributed by atoms with E-state index in [1.54, 1.807) is 6.92 Å². The maximum Gasteiger partial charge on any atom is 0.242 e. The minimum atomic E-state index is -0.418. The number of nitrogens with one attached hydrogen (secondary N) is 2. The van der Waals surface area contributed by atoms with E-state index in [9.17, 15) is 9.59 Å². The molecule has 5 nitrogen and oxygen atoms in total. The second kappa shape index (κ2) is 9.15. The van der Waals surface area contributed by atoms with E-state index in [-0.39, 0.29) is 11.8 Å². The zero-order valence-corrected chi connectivity index (χ0v) is 10.2. The van der Waals surface area contributed by atoms with Gasteiger partial charge >= 0.3 is 0 Å². The highest BCUT2D eigenvalue weighted by Gasteiger charge is 2.18. The van der Waals surface area contributed by atoms with E-state index in [2.05, 4.69) is 10.6 Å². The van der Waals surface area contributed by atoms with Crippen molar-refractivity contribution in [2.24, 2.45) is 5.73 Å². The van der Waals surface area contributed by atoms with Gasteiger partial charge in [-0.25, -0.2) is 0 Å². The summed E-state index contributed by atoms with van der Waals surface area (Å²) in [6.07, 6.45) is 2.77. The number of carbonyl (C=O) groups excluding carboxylic acids is 2. The van der Waals surface area contributed by atoms with Crippen LogP contribution in [-0.4, -0.2) is 30.9 Å². The van der Waals surface area contributed by atoms with E-state index in [4.69, 9.17) is 5.73 Å². The van der Waals surface area contributed by atoms with Gasteiger partial charge in [-0.3, -0.25) is 9.59 Å². The van der Waals surface area contributed by atoms with Gasteiger partial charge < -0.3 is 16.4 Å². The van der Waals surface area contributed by atoms with Gasteiger partial charge in [0.2, 0.25) is 11.8 Å². The molecule has 0 spiro atoms. The monoisotopic (exact) mass is 229 g/mol. The topological polar surface area (TPSA) is 84.2 Å². The van der Waals surface area contributed by atoms with Gasteiger partial charge in [-0.1, -0.05) is 6.92 Å². The summed E-state index contributed by atoms with van der Waals surface area (Å²) >= 11 is 0. The van der Waals surface area contributed by atoms with Gasteiger partial charge in [0.05, 0.1) is 0 Å². The normalized spacial score (nSPS) is 11.9. The SMILES string of the molecule is CCNC(=O)C(CCCCN)NC(=O)CC. The molecule has 16 heavy (non-hydrogen) atoms. The molecule has 0 aliphatic rings. The van der Waals surface area contributed by atoms with E-state index in [1.165, 1.54) is 0 Å². The molecule has 0 heterocycles. The number of hydrogen-bond acceptors (Lipinski definition) is 3. The van der Waals surface area contributed by atoms with Crippen molar-refractivity contribution in [1.82, 2.24) is 10.6 Å². The molecule has 0 aliphatic carbocycles. The van der Waals surface area contributed by atoms with Crippen LogP contribution in [0.3, 0.4) is 0 Å². The first kappa shape index (κ1) is 14.9. The Hall–Kier alpha value is -1.10. The maximum atomic E-state index is 11.6. The first-order valence-corrected chi connectivity index (χ1v) is 5.92. The minimum Gasteiger partial charge on any atom is -0.355 e. The summed E-state index contributed by atoms with van der Waals surface area (Å²) < 4.78 is 0. The number of rotatable bonds is 8. The molecule has 94 valence electrons. The standard InChI is InChI=1S/C11H23N3O2/c1-3-10(15)14-9(7-5-6-8-12)11(16)13-4-2/h9H,3-8,12H2,1-2H3,(H,13,16)(H,14,15). The summed E-state index contributed by atoms with van der Waals surface area (Å²) in [7, 11) is 0. The first-order valence-electron chi connectivity index (χ1n) is 5.92. The van der Waals surface area contributed by atoms with Crippen LogP contribution in [0.1, 0.15) is 39.5 Å². The fourth-order valence-electron chi connectivity index (χ4n) is 1.36. The molecule has 0 aliphatic heterocycles. The third-order valence-corrected chi connectivity index (χ3v) is 2.27. The lowest BCUT2D eigenvalue weighted by Crippen LogP contribution is -2.46. The lowest BCUT2D eigenvalue weighted by molar-refractivity contribution is -0.129. The van der Waals surface area contributed by atoms with Crippen molar-refractivity contribution >= 4 is 11.8 Å². The van der Waals surface area contributed by atoms with Crippen LogP contribution in [0.25, 0.3) is 0 Å². The molecular formula is C11H23N3O2. The summed E-state index contributed by atoms with van der Waals surface area (Å²) in [6, 6.07) is -0.418. The number of hydrogen-bond donors (Lipinski definition) is 3. The van der Waals surface area contributed by atoms with Crippen molar-refractivity contribution in [2.75, 3.05) is 13.1 Å². The lowest BCUT2D eigenvalue weighted by atomic mass is 10.1. The number of nitrogens with two attached hydrogens (primary N) is 1. The largest absolute Gasteiger partial charge is 0.355 e. The average molecular weight is 229 g/mol. The van der Waals surface area contributed by atoms with Crippen molar-refractivity contribution < 1.29 is 9.59 Å². The summed E-state index contributed by atoms with van der Waals surface area (Å²) in [5.41, 5.74) is 5.39. The highest BCUT2D eigenvalue weighted by Crippen LogP contribution is 2.01. The maximum absolute atomic E-state index is 11.6. The molecule has 0 fully saturated rings. The Bertz CT molecular complexity index is 219. The smallest absolute Gasteiger partial charge is 0.242 e. The first-order chi connectivity index (χ1) is 7.65. The fourth-order valence-corrected chi connectivity index (χ4v) is 1.36. The minimum absolute atomic E-state index is 0.0935. The molecule has 0 saturated carbocycles. The molecule has 0 radical (unpaired) electrons. The number of likely N-dealkylation sites (N-methyl/N-ethyl adjacent to an activating group) is 1. The van der Waals surface area contributed by atoms with Crippen LogP contribution < -0.4 is 16.4 Å². The fraction of sp³-hybridized carbons (Fsp3) is 0.818. The van der Waals surface area contributed by atoms with Crippen LogP contribution in [0, 0.1) is 0 Å². The molecule has 5 heteroatoms. The van der Waals surface area contributed by atoms with Gasteiger partial charge in [0.1, 0.15) is 6.04 Å². The van der Waals surface area contributed by atoms with Crippen molar-refractivity contribution in [3.63, 3.8) is 0 Å². The molecule has 0 rings (SSSR count). The third kappa shape index (κ3) is 6.40. The van der Waals surface area contributed by atoms with Crippen LogP contribution >= 0.6 is 0 Å². The number of amides is 2. The molecular weight excluding hydrogens is 206 g/mol. The zero-order valence-electron chi connectivity index (χ0n) is 10.2. The predicted octanol–water partition coefficient (Wildman–Crippen LogP) is 0.146. The van der Waals surface area contributed by atoms with E-state index in [0.29, 0.717) is 25.9 Å². The van der Waals surface area contributed by atoms with Crippen LogP contribution in [0.5, 0.6) is 0 Å². The Kier molecular flexibility index (Phi) is 8.52. The van der Waals surface area contributed by atoms with Gasteiger partial charge in [0, 0.05) is 13.0 Å². The molecule has 4 N–H and O–H groups in total. The van der Waals surface area contributed by atoms with E-state index >= 15 is 0 Å². The van der Waals surface area contributed by atoms with Crippen molar-refractivity contribution in [3.8, 4) is 0 Å². The summed E-state index contributed by atoms with van der Waals surface area (Å²) in [5.74, 6) is -0.203. The second-order valence-electron chi connectivity index (χ2n) is 3.65. The van der Waals surface area contributed by atoms with Gasteiger partial charge in [-0.2, -0.15) is 0 Å². The molecule has 0 aromatic heterocycles. The van der Waals surface area contributed by atoms with Gasteiger partial charge in [-0.05, 0) is 32.7 Å². The number of unbranched alkanes of at least 4 members (excludes halogenated alkanes) is 1. The molecule has 0 aromatic rings. The Labute approximate surface area is 97.2 Å². The highest BCUT2D eigenvalue weighted by atomic mass is 16.2. The van der Waals surface area contributed by atoms with Crippen LogP contribution in [0.2, 0.25) is 0 Å². The van der Waals surface area contributed by atoms with E-state index in [0.717, 1.165) is 12.8 Å². The van der Waals surface area contributed by atoms with Crippen LogP contribution in [-0.2, 0) is 9.59 Å². The van der Waals surface area contributed by atoms with Crippen molar-refractivity contribution in [1.29, 1.82) is 0 Å². The molecule has 0 saturated heterocycles. The molecule has 0 bridgehead atoms. The lowest BCUT2D eigenvalue weighted by Gasteiger charge is -2.17. The van der Waals surface area contributed by atoms with Gasteiger partial charge in [0.15, 0.2) is 0 Å².